The van der Waals surface area contributed by atoms with Crippen molar-refractivity contribution in [2.24, 2.45) is 11.8 Å². The molecular formula is C29H37N5O4. The zero-order valence-corrected chi connectivity index (χ0v) is 22.5. The number of ether oxygens (including phenoxy) is 1. The number of rotatable bonds is 8. The van der Waals surface area contributed by atoms with Crippen molar-refractivity contribution in [2.75, 3.05) is 6.61 Å². The maximum atomic E-state index is 13.5. The number of aryl methyl sites for hydroxylation is 2. The molecule has 2 aliphatic rings. The normalized spacial score (nSPS) is 22.2. The number of aromatic nitrogens is 3. The second kappa shape index (κ2) is 10.7. The zero-order chi connectivity index (χ0) is 27.0. The number of benzene rings is 1. The predicted molar refractivity (Wildman–Crippen MR) is 145 cm³/mol. The summed E-state index contributed by atoms with van der Waals surface area (Å²) >= 11 is 0. The number of H-pyrrole nitrogens is 1. The average molecular weight is 520 g/mol. The largest absolute Gasteiger partial charge is 0.493 e. The Bertz CT molecular complexity index is 1350. The molecule has 2 aliphatic carbocycles. The molecule has 2 amide bonds. The van der Waals surface area contributed by atoms with Crippen LogP contribution in [0.25, 0.3) is 22.3 Å². The molecule has 0 unspecified atom stereocenters. The van der Waals surface area contributed by atoms with Crippen LogP contribution >= 0.6 is 0 Å². The molecule has 0 spiro atoms. The van der Waals surface area contributed by atoms with Gasteiger partial charge in [0.15, 0.2) is 0 Å². The number of nitrogens with one attached hydrogen (secondary N) is 3. The highest BCUT2D eigenvalue weighted by molar-refractivity contribution is 6.09. The van der Waals surface area contributed by atoms with Crippen LogP contribution in [0.2, 0.25) is 0 Å². The van der Waals surface area contributed by atoms with Gasteiger partial charge in [0.1, 0.15) is 29.4 Å². The van der Waals surface area contributed by atoms with Gasteiger partial charge in [-0.2, -0.15) is 0 Å². The molecule has 2 fully saturated rings. The third-order valence-corrected chi connectivity index (χ3v) is 7.77. The SMILES string of the molecule is Cc1ccc(OCC2CC2)c(-c2ncnc3c(C(=O)N[C@H]4CC[C@@H](NC(=O)[C@H](C)O)[C@H](C)C4)c(C)[nH]c23)c1. The Morgan fingerprint density at radius 1 is 1.16 bits per heavy atom. The number of carbonyl (C=O) groups excluding carboxylic acids is 2. The molecule has 1 aromatic carbocycles. The lowest BCUT2D eigenvalue weighted by molar-refractivity contribution is -0.129. The summed E-state index contributed by atoms with van der Waals surface area (Å²) in [5.41, 5.74) is 5.26. The van der Waals surface area contributed by atoms with E-state index in [-0.39, 0.29) is 29.8 Å². The van der Waals surface area contributed by atoms with Crippen molar-refractivity contribution in [1.82, 2.24) is 25.6 Å². The molecule has 5 rings (SSSR count). The van der Waals surface area contributed by atoms with Crippen LogP contribution in [0.1, 0.15) is 67.6 Å². The lowest BCUT2D eigenvalue weighted by Crippen LogP contribution is -2.49. The van der Waals surface area contributed by atoms with Gasteiger partial charge in [-0.05, 0) is 76.8 Å². The Morgan fingerprint density at radius 3 is 2.66 bits per heavy atom. The van der Waals surface area contributed by atoms with Gasteiger partial charge in [-0.25, -0.2) is 9.97 Å². The minimum absolute atomic E-state index is 0.0120. The Balaban J connectivity index is 1.36. The summed E-state index contributed by atoms with van der Waals surface area (Å²) in [6.07, 6.45) is 5.12. The molecular weight excluding hydrogens is 482 g/mol. The van der Waals surface area contributed by atoms with Crippen molar-refractivity contribution >= 4 is 22.8 Å². The highest BCUT2D eigenvalue weighted by Gasteiger charge is 2.31. The summed E-state index contributed by atoms with van der Waals surface area (Å²) in [7, 11) is 0. The lowest BCUT2D eigenvalue weighted by Gasteiger charge is -2.35. The van der Waals surface area contributed by atoms with Crippen LogP contribution in [-0.2, 0) is 4.79 Å². The topological polar surface area (TPSA) is 129 Å². The molecule has 9 nitrogen and oxygen atoms in total. The van der Waals surface area contributed by atoms with Crippen molar-refractivity contribution in [2.45, 2.75) is 78.0 Å². The Morgan fingerprint density at radius 2 is 1.95 bits per heavy atom. The Labute approximate surface area is 222 Å². The third kappa shape index (κ3) is 5.53. The highest BCUT2D eigenvalue weighted by Crippen LogP contribution is 2.37. The lowest BCUT2D eigenvalue weighted by atomic mass is 9.82. The summed E-state index contributed by atoms with van der Waals surface area (Å²) in [5, 5.41) is 15.6. The van der Waals surface area contributed by atoms with E-state index in [2.05, 4.69) is 38.6 Å². The number of hydrogen-bond donors (Lipinski definition) is 4. The van der Waals surface area contributed by atoms with E-state index in [9.17, 15) is 14.7 Å². The molecule has 38 heavy (non-hydrogen) atoms. The van der Waals surface area contributed by atoms with Gasteiger partial charge >= 0.3 is 0 Å². The van der Waals surface area contributed by atoms with E-state index in [0.29, 0.717) is 23.6 Å². The summed E-state index contributed by atoms with van der Waals surface area (Å²) in [4.78, 5) is 37.9. The van der Waals surface area contributed by atoms with Crippen molar-refractivity contribution in [3.63, 3.8) is 0 Å². The molecule has 0 radical (unpaired) electrons. The van der Waals surface area contributed by atoms with Gasteiger partial charge in [0.05, 0.1) is 17.7 Å². The fourth-order valence-corrected chi connectivity index (χ4v) is 5.35. The first-order chi connectivity index (χ1) is 18.2. The van der Waals surface area contributed by atoms with Gasteiger partial charge in [-0.3, -0.25) is 9.59 Å². The van der Waals surface area contributed by atoms with Crippen molar-refractivity contribution in [3.8, 4) is 17.0 Å². The molecule has 0 aliphatic heterocycles. The minimum atomic E-state index is -1.03. The van der Waals surface area contributed by atoms with Crippen LogP contribution in [0, 0.1) is 25.7 Å². The number of aromatic amines is 1. The number of carbonyl (C=O) groups is 2. The molecule has 2 saturated carbocycles. The first-order valence-corrected chi connectivity index (χ1v) is 13.6. The van der Waals surface area contributed by atoms with Gasteiger partial charge in [-0.1, -0.05) is 18.6 Å². The second-order valence-corrected chi connectivity index (χ2v) is 11.1. The average Bonchev–Trinajstić information content (AvgIpc) is 3.64. The fourth-order valence-electron chi connectivity index (χ4n) is 5.35. The summed E-state index contributed by atoms with van der Waals surface area (Å²) in [6, 6.07) is 6.07. The summed E-state index contributed by atoms with van der Waals surface area (Å²) < 4.78 is 6.17. The molecule has 202 valence electrons. The maximum absolute atomic E-state index is 13.5. The number of aliphatic hydroxyl groups excluding tert-OH is 1. The van der Waals surface area contributed by atoms with Crippen LogP contribution in [0.3, 0.4) is 0 Å². The van der Waals surface area contributed by atoms with E-state index in [1.54, 1.807) is 0 Å². The zero-order valence-electron chi connectivity index (χ0n) is 22.5. The molecule has 2 heterocycles. The van der Waals surface area contributed by atoms with E-state index in [0.717, 1.165) is 53.0 Å². The Kier molecular flexibility index (Phi) is 7.38. The number of fused-ring (bicyclic) bond motifs is 1. The van der Waals surface area contributed by atoms with Crippen LogP contribution in [0.5, 0.6) is 5.75 Å². The molecule has 9 heteroatoms. The van der Waals surface area contributed by atoms with E-state index in [1.165, 1.54) is 26.1 Å². The molecule has 3 aromatic rings. The van der Waals surface area contributed by atoms with Crippen molar-refractivity contribution in [1.29, 1.82) is 0 Å². The van der Waals surface area contributed by atoms with Crippen molar-refractivity contribution in [3.05, 3.63) is 41.3 Å². The fraction of sp³-hybridized carbons (Fsp3) is 0.517. The number of hydrogen-bond acceptors (Lipinski definition) is 6. The first-order valence-electron chi connectivity index (χ1n) is 13.6. The molecule has 0 saturated heterocycles. The van der Waals surface area contributed by atoms with Crippen LogP contribution in [0.15, 0.2) is 24.5 Å². The number of nitrogens with zero attached hydrogens (tertiary/aromatic N) is 2. The molecule has 2 aromatic heterocycles. The highest BCUT2D eigenvalue weighted by atomic mass is 16.5. The van der Waals surface area contributed by atoms with E-state index < -0.39 is 6.10 Å². The quantitative estimate of drug-likeness (QED) is 0.358. The van der Waals surface area contributed by atoms with E-state index >= 15 is 0 Å². The van der Waals surface area contributed by atoms with Crippen LogP contribution in [-0.4, -0.2) is 56.7 Å². The standard InChI is InChI=1S/C29H37N5O4/c1-15-5-10-23(38-13-19-6-7-19)21(11-15)25-27-26(31-14-30-25)24(17(3)32-27)29(37)33-20-8-9-22(16(2)12-20)34-28(36)18(4)35/h5,10-11,14,16,18-20,22,32,35H,6-9,12-13H2,1-4H3,(H,33,37)(H,34,36)/t16-,18+,20+,22-/m1/s1. The van der Waals surface area contributed by atoms with Gasteiger partial charge in [0, 0.05) is 23.3 Å². The first kappa shape index (κ1) is 26.2. The second-order valence-electron chi connectivity index (χ2n) is 11.1. The van der Waals surface area contributed by atoms with Crippen molar-refractivity contribution < 1.29 is 19.4 Å². The minimum Gasteiger partial charge on any atom is -0.493 e. The van der Waals surface area contributed by atoms with E-state index in [4.69, 9.17) is 4.74 Å². The van der Waals surface area contributed by atoms with Gasteiger partial charge in [0.2, 0.25) is 5.91 Å². The molecule has 4 atom stereocenters. The van der Waals surface area contributed by atoms with Gasteiger partial charge in [0.25, 0.3) is 5.91 Å². The Hall–Kier alpha value is -3.46. The van der Waals surface area contributed by atoms with Gasteiger partial charge < -0.3 is 25.5 Å². The molecule has 0 bridgehead atoms. The third-order valence-electron chi connectivity index (χ3n) is 7.77. The number of aliphatic hydroxyl groups is 1. The van der Waals surface area contributed by atoms with Crippen LogP contribution in [0.4, 0.5) is 0 Å². The predicted octanol–water partition coefficient (Wildman–Crippen LogP) is 3.81. The van der Waals surface area contributed by atoms with Crippen LogP contribution < -0.4 is 15.4 Å². The molecule has 4 N–H and O–H groups in total. The monoisotopic (exact) mass is 519 g/mol. The van der Waals surface area contributed by atoms with E-state index in [1.807, 2.05) is 26.0 Å². The summed E-state index contributed by atoms with van der Waals surface area (Å²) in [6.45, 7) is 8.14. The maximum Gasteiger partial charge on any atom is 0.255 e. The smallest absolute Gasteiger partial charge is 0.255 e. The van der Waals surface area contributed by atoms with Gasteiger partial charge in [-0.15, -0.1) is 0 Å². The number of amides is 2. The summed E-state index contributed by atoms with van der Waals surface area (Å²) in [5.74, 6) is 1.06.